The number of anilines is 1. The summed E-state index contributed by atoms with van der Waals surface area (Å²) in [6, 6.07) is 3.08. The molecule has 0 aliphatic heterocycles. The van der Waals surface area contributed by atoms with Gasteiger partial charge >= 0.3 is 6.18 Å². The average Bonchev–Trinajstić information content (AvgIpc) is 3.37. The Balaban J connectivity index is 1.62. The molecule has 9 nitrogen and oxygen atoms in total. The normalized spacial score (nSPS) is 14.1. The number of hydrogen-bond acceptors (Lipinski definition) is 6. The van der Waals surface area contributed by atoms with Crippen LogP contribution < -0.4 is 10.6 Å². The first-order chi connectivity index (χ1) is 16.0. The van der Waals surface area contributed by atoms with E-state index in [4.69, 9.17) is 11.6 Å². The maximum absolute atomic E-state index is 13.1. The van der Waals surface area contributed by atoms with Crippen molar-refractivity contribution in [3.05, 3.63) is 70.0 Å². The fraction of sp³-hybridized carbons (Fsp3) is 0.200. The van der Waals surface area contributed by atoms with Gasteiger partial charge in [0, 0.05) is 29.4 Å². The third kappa shape index (κ3) is 5.03. The van der Waals surface area contributed by atoms with Crippen LogP contribution in [0.25, 0.3) is 5.95 Å². The zero-order valence-electron chi connectivity index (χ0n) is 17.2. The van der Waals surface area contributed by atoms with Gasteiger partial charge in [-0.05, 0) is 31.2 Å². The van der Waals surface area contributed by atoms with Crippen LogP contribution in [-0.4, -0.2) is 36.5 Å². The Morgan fingerprint density at radius 3 is 2.44 bits per heavy atom. The van der Waals surface area contributed by atoms with E-state index in [0.717, 1.165) is 10.7 Å². The molecule has 0 fully saturated rings. The van der Waals surface area contributed by atoms with Gasteiger partial charge in [0.2, 0.25) is 5.95 Å². The lowest BCUT2D eigenvalue weighted by molar-refractivity contribution is -0.137. The molecular weight excluding hydrogens is 482 g/mol. The number of amides is 2. The summed E-state index contributed by atoms with van der Waals surface area (Å²) < 4.78 is 53.5. The van der Waals surface area contributed by atoms with Gasteiger partial charge in [0.15, 0.2) is 5.82 Å². The first-order valence-corrected chi connectivity index (χ1v) is 10.0. The zero-order valence-corrected chi connectivity index (χ0v) is 17.9. The smallest absolute Gasteiger partial charge is 0.342 e. The van der Waals surface area contributed by atoms with Crippen molar-refractivity contribution in [1.82, 2.24) is 30.0 Å². The van der Waals surface area contributed by atoms with Crippen LogP contribution in [0.2, 0.25) is 5.02 Å². The van der Waals surface area contributed by atoms with E-state index in [2.05, 4.69) is 30.7 Å². The summed E-state index contributed by atoms with van der Waals surface area (Å²) in [6.07, 6.45) is -1.91. The van der Waals surface area contributed by atoms with Crippen molar-refractivity contribution in [2.45, 2.75) is 25.6 Å². The molecule has 1 atom stereocenters. The van der Waals surface area contributed by atoms with Gasteiger partial charge in [-0.15, -0.1) is 5.10 Å². The van der Waals surface area contributed by atoms with Crippen molar-refractivity contribution in [3.63, 3.8) is 0 Å². The molecule has 0 spiro atoms. The van der Waals surface area contributed by atoms with E-state index in [1.54, 1.807) is 6.07 Å². The van der Waals surface area contributed by atoms with E-state index in [0.29, 0.717) is 12.1 Å². The Bertz CT molecular complexity index is 1310. The molecular formula is C20H14ClF4N7O2. The van der Waals surface area contributed by atoms with Gasteiger partial charge < -0.3 is 5.32 Å². The van der Waals surface area contributed by atoms with Crippen LogP contribution in [0.3, 0.4) is 0 Å². The van der Waals surface area contributed by atoms with Crippen LogP contribution in [0.4, 0.5) is 23.5 Å². The van der Waals surface area contributed by atoms with Crippen molar-refractivity contribution in [2.75, 3.05) is 5.32 Å². The maximum Gasteiger partial charge on any atom is 0.416 e. The minimum atomic E-state index is -4.69. The molecule has 176 valence electrons. The van der Waals surface area contributed by atoms with Gasteiger partial charge in [0.05, 0.1) is 17.2 Å². The number of rotatable bonds is 6. The molecule has 1 aliphatic carbocycles. The lowest BCUT2D eigenvalue weighted by atomic mass is 10.1. The number of halogens is 5. The third-order valence-corrected chi connectivity index (χ3v) is 4.85. The molecule has 2 heterocycles. The van der Waals surface area contributed by atoms with Crippen molar-refractivity contribution in [2.24, 2.45) is 0 Å². The van der Waals surface area contributed by atoms with Crippen LogP contribution in [0, 0.1) is 0 Å². The zero-order chi connectivity index (χ0) is 24.6. The summed E-state index contributed by atoms with van der Waals surface area (Å²) in [7, 11) is 0. The molecule has 1 aliphatic rings. The number of hydrogen-bond donors (Lipinski definition) is 2. The number of alkyl halides is 3. The highest BCUT2D eigenvalue weighted by molar-refractivity contribution is 6.31. The number of carbonyl (C=O) groups excluding carboxylic acids is 2. The molecule has 1 unspecified atom stereocenters. The molecule has 3 aromatic rings. The number of nitrogens with one attached hydrogen (secondary N) is 2. The van der Waals surface area contributed by atoms with E-state index in [-0.39, 0.29) is 40.3 Å². The number of allylic oxidation sites excluding steroid dienone is 1. The summed E-state index contributed by atoms with van der Waals surface area (Å²) >= 11 is 5.76. The second-order valence-electron chi connectivity index (χ2n) is 7.19. The Morgan fingerprint density at radius 2 is 1.82 bits per heavy atom. The Morgan fingerprint density at radius 1 is 1.15 bits per heavy atom. The Labute approximate surface area is 193 Å². The van der Waals surface area contributed by atoms with E-state index in [1.807, 2.05) is 0 Å². The standard InChI is InChI=1S/C20H14ClF4N7O2/c1-9(28-16(33)10-5-11(20(23,24)25)7-12(21)6-10)15-29-18(30-17(34)13-8-14(13)22)31-32(15)19-26-3-2-4-27-19/h2-7,9H,8H2,1H3,(H,28,33)(H,30,31,34). The molecule has 0 saturated heterocycles. The summed E-state index contributed by atoms with van der Waals surface area (Å²) in [6.45, 7) is 1.49. The fourth-order valence-electron chi connectivity index (χ4n) is 2.93. The topological polar surface area (TPSA) is 115 Å². The predicted octanol–water partition coefficient (Wildman–Crippen LogP) is 3.79. The largest absolute Gasteiger partial charge is 0.416 e. The molecule has 14 heteroatoms. The molecule has 2 amide bonds. The van der Waals surface area contributed by atoms with E-state index in [1.165, 1.54) is 19.3 Å². The molecule has 2 aromatic heterocycles. The molecule has 0 bridgehead atoms. The Kier molecular flexibility index (Phi) is 6.04. The molecule has 34 heavy (non-hydrogen) atoms. The molecule has 2 N–H and O–H groups in total. The first-order valence-electron chi connectivity index (χ1n) is 9.65. The first kappa shape index (κ1) is 23.3. The summed E-state index contributed by atoms with van der Waals surface area (Å²) in [5.41, 5.74) is -1.43. The van der Waals surface area contributed by atoms with Crippen LogP contribution in [-0.2, 0) is 11.0 Å². The number of carbonyl (C=O) groups is 2. The van der Waals surface area contributed by atoms with Gasteiger partial charge in [-0.25, -0.2) is 14.4 Å². The highest BCUT2D eigenvalue weighted by atomic mass is 35.5. The quantitative estimate of drug-likeness (QED) is 0.503. The van der Waals surface area contributed by atoms with Crippen molar-refractivity contribution in [3.8, 4) is 5.95 Å². The number of nitrogens with zero attached hydrogens (tertiary/aromatic N) is 5. The van der Waals surface area contributed by atoms with Crippen molar-refractivity contribution < 1.29 is 27.2 Å². The van der Waals surface area contributed by atoms with Crippen molar-refractivity contribution >= 4 is 29.4 Å². The minimum absolute atomic E-state index is 0.0309. The monoisotopic (exact) mass is 495 g/mol. The molecule has 0 saturated carbocycles. The molecule has 4 rings (SSSR count). The lowest BCUT2D eigenvalue weighted by Gasteiger charge is -2.15. The number of aromatic nitrogens is 5. The van der Waals surface area contributed by atoms with E-state index < -0.39 is 35.4 Å². The van der Waals surface area contributed by atoms with Gasteiger partial charge in [-0.1, -0.05) is 11.6 Å². The van der Waals surface area contributed by atoms with E-state index >= 15 is 0 Å². The van der Waals surface area contributed by atoms with Crippen LogP contribution in [0.5, 0.6) is 0 Å². The second-order valence-corrected chi connectivity index (χ2v) is 7.63. The highest BCUT2D eigenvalue weighted by Gasteiger charge is 2.32. The van der Waals surface area contributed by atoms with E-state index in [9.17, 15) is 27.2 Å². The summed E-state index contributed by atoms with van der Waals surface area (Å²) in [5.74, 6) is -2.22. The average molecular weight is 496 g/mol. The van der Waals surface area contributed by atoms with Gasteiger partial charge in [0.1, 0.15) is 5.83 Å². The van der Waals surface area contributed by atoms with Gasteiger partial charge in [-0.3, -0.25) is 14.9 Å². The van der Waals surface area contributed by atoms with Gasteiger partial charge in [-0.2, -0.15) is 22.8 Å². The highest BCUT2D eigenvalue weighted by Crippen LogP contribution is 2.33. The fourth-order valence-corrected chi connectivity index (χ4v) is 3.16. The van der Waals surface area contributed by atoms with Crippen LogP contribution in [0.15, 0.2) is 48.1 Å². The SMILES string of the molecule is CC(NC(=O)c1cc(Cl)cc(C(F)(F)F)c1)c1nc(NC(=O)C2=C(F)C2)nn1-c1ncccn1. The molecule has 0 radical (unpaired) electrons. The summed E-state index contributed by atoms with van der Waals surface area (Å²) in [4.78, 5) is 36.9. The second kappa shape index (κ2) is 8.82. The van der Waals surface area contributed by atoms with Crippen LogP contribution >= 0.6 is 11.6 Å². The summed E-state index contributed by atoms with van der Waals surface area (Å²) in [5, 5.41) is 8.69. The number of benzene rings is 1. The van der Waals surface area contributed by atoms with Gasteiger partial charge in [0.25, 0.3) is 17.8 Å². The minimum Gasteiger partial charge on any atom is -0.342 e. The van der Waals surface area contributed by atoms with Crippen LogP contribution in [0.1, 0.15) is 41.1 Å². The molecule has 1 aromatic carbocycles. The van der Waals surface area contributed by atoms with Crippen molar-refractivity contribution in [1.29, 1.82) is 0 Å². The Hall–Kier alpha value is -3.87. The predicted molar refractivity (Wildman–Crippen MR) is 111 cm³/mol. The third-order valence-electron chi connectivity index (χ3n) is 4.63. The maximum atomic E-state index is 13.1. The lowest BCUT2D eigenvalue weighted by Crippen LogP contribution is -2.29.